The fourth-order valence-corrected chi connectivity index (χ4v) is 2.71. The fraction of sp³-hybridized carbons (Fsp3) is 0.900. The molecule has 132 valence electrons. The highest BCUT2D eigenvalue weighted by Gasteiger charge is 2.07. The lowest BCUT2D eigenvalue weighted by Gasteiger charge is -2.16. The van der Waals surface area contributed by atoms with Gasteiger partial charge in [0.25, 0.3) is 0 Å². The van der Waals surface area contributed by atoms with Crippen LogP contribution in [-0.4, -0.2) is 24.4 Å². The molecule has 0 spiro atoms. The van der Waals surface area contributed by atoms with E-state index in [0.717, 1.165) is 19.3 Å². The molecule has 0 aromatic rings. The van der Waals surface area contributed by atoms with Crippen molar-refractivity contribution in [1.82, 2.24) is 0 Å². The van der Waals surface area contributed by atoms with Crippen LogP contribution in [0.5, 0.6) is 0 Å². The van der Waals surface area contributed by atoms with E-state index in [1.54, 1.807) is 0 Å². The highest BCUT2D eigenvalue weighted by atomic mass is 16.5. The molecule has 0 aromatic heterocycles. The molecule has 0 radical (unpaired) electrons. The SMILES string of the molecule is CCCCCCCCC=CCCC(CCCCC)OCCO. The largest absolute Gasteiger partial charge is 0.394 e. The van der Waals surface area contributed by atoms with Gasteiger partial charge in [0.15, 0.2) is 0 Å². The minimum atomic E-state index is 0.137. The Kier molecular flexibility index (Phi) is 18.4. The van der Waals surface area contributed by atoms with Gasteiger partial charge in [-0.25, -0.2) is 0 Å². The van der Waals surface area contributed by atoms with Crippen LogP contribution in [-0.2, 0) is 4.74 Å². The second kappa shape index (κ2) is 18.7. The lowest BCUT2D eigenvalue weighted by molar-refractivity contribution is 0.0187. The van der Waals surface area contributed by atoms with Crippen molar-refractivity contribution in [2.45, 2.75) is 103 Å². The van der Waals surface area contributed by atoms with Crippen LogP contribution in [0.1, 0.15) is 97.3 Å². The summed E-state index contributed by atoms with van der Waals surface area (Å²) in [5, 5.41) is 8.89. The van der Waals surface area contributed by atoms with E-state index in [9.17, 15) is 0 Å². The van der Waals surface area contributed by atoms with Gasteiger partial charge >= 0.3 is 0 Å². The predicted octanol–water partition coefficient (Wildman–Crippen LogP) is 6.03. The topological polar surface area (TPSA) is 29.5 Å². The summed E-state index contributed by atoms with van der Waals surface area (Å²) in [5.74, 6) is 0. The molecule has 0 fully saturated rings. The van der Waals surface area contributed by atoms with Gasteiger partial charge in [-0.05, 0) is 32.1 Å². The van der Waals surface area contributed by atoms with Crippen LogP contribution in [0.2, 0.25) is 0 Å². The Morgan fingerprint density at radius 3 is 2.14 bits per heavy atom. The lowest BCUT2D eigenvalue weighted by Crippen LogP contribution is -2.15. The van der Waals surface area contributed by atoms with Crippen LogP contribution in [0.4, 0.5) is 0 Å². The zero-order chi connectivity index (χ0) is 16.3. The summed E-state index contributed by atoms with van der Waals surface area (Å²) in [6, 6.07) is 0. The summed E-state index contributed by atoms with van der Waals surface area (Å²) < 4.78 is 5.74. The van der Waals surface area contributed by atoms with Crippen molar-refractivity contribution in [1.29, 1.82) is 0 Å². The first-order valence-electron chi connectivity index (χ1n) is 9.72. The van der Waals surface area contributed by atoms with Crippen LogP contribution in [0.15, 0.2) is 12.2 Å². The van der Waals surface area contributed by atoms with Gasteiger partial charge in [-0.2, -0.15) is 0 Å². The van der Waals surface area contributed by atoms with Crippen molar-refractivity contribution in [3.8, 4) is 0 Å². The van der Waals surface area contributed by atoms with Gasteiger partial charge in [0.1, 0.15) is 0 Å². The molecule has 2 nitrogen and oxygen atoms in total. The molecule has 0 aromatic carbocycles. The van der Waals surface area contributed by atoms with Crippen molar-refractivity contribution >= 4 is 0 Å². The van der Waals surface area contributed by atoms with Gasteiger partial charge in [0.05, 0.1) is 19.3 Å². The standard InChI is InChI=1S/C20H40O2/c1-3-5-7-8-9-10-11-12-13-15-17-20(22-19-18-21)16-14-6-4-2/h12-13,20-21H,3-11,14-19H2,1-2H3. The molecule has 1 atom stereocenters. The van der Waals surface area contributed by atoms with Crippen molar-refractivity contribution in [3.05, 3.63) is 12.2 Å². The van der Waals surface area contributed by atoms with Crippen LogP contribution in [0.25, 0.3) is 0 Å². The van der Waals surface area contributed by atoms with E-state index in [4.69, 9.17) is 9.84 Å². The second-order valence-corrected chi connectivity index (χ2v) is 6.32. The number of ether oxygens (including phenoxy) is 1. The molecule has 0 bridgehead atoms. The monoisotopic (exact) mass is 312 g/mol. The smallest absolute Gasteiger partial charge is 0.0701 e. The number of aliphatic hydroxyl groups is 1. The maximum atomic E-state index is 8.89. The quantitative estimate of drug-likeness (QED) is 0.262. The van der Waals surface area contributed by atoms with Gasteiger partial charge in [0.2, 0.25) is 0 Å². The Morgan fingerprint density at radius 1 is 0.773 bits per heavy atom. The number of rotatable bonds is 17. The molecule has 0 saturated carbocycles. The van der Waals surface area contributed by atoms with E-state index >= 15 is 0 Å². The molecule has 0 amide bonds. The summed E-state index contributed by atoms with van der Waals surface area (Å²) in [4.78, 5) is 0. The minimum Gasteiger partial charge on any atom is -0.394 e. The maximum absolute atomic E-state index is 8.89. The Bertz CT molecular complexity index is 226. The van der Waals surface area contributed by atoms with Crippen LogP contribution < -0.4 is 0 Å². The van der Waals surface area contributed by atoms with E-state index < -0.39 is 0 Å². The third-order valence-corrected chi connectivity index (χ3v) is 4.12. The minimum absolute atomic E-state index is 0.137. The molecule has 1 N–H and O–H groups in total. The van der Waals surface area contributed by atoms with Gasteiger partial charge in [-0.15, -0.1) is 0 Å². The molecular weight excluding hydrogens is 272 g/mol. The zero-order valence-corrected chi connectivity index (χ0v) is 15.2. The number of hydrogen-bond acceptors (Lipinski definition) is 2. The Hall–Kier alpha value is -0.340. The molecule has 0 aliphatic carbocycles. The average molecular weight is 313 g/mol. The third kappa shape index (κ3) is 16.0. The summed E-state index contributed by atoms with van der Waals surface area (Å²) in [7, 11) is 0. The van der Waals surface area contributed by atoms with Crippen molar-refractivity contribution in [2.75, 3.05) is 13.2 Å². The summed E-state index contributed by atoms with van der Waals surface area (Å²) in [5.41, 5.74) is 0. The first-order valence-corrected chi connectivity index (χ1v) is 9.72. The highest BCUT2D eigenvalue weighted by molar-refractivity contribution is 4.82. The second-order valence-electron chi connectivity index (χ2n) is 6.32. The summed E-state index contributed by atoms with van der Waals surface area (Å²) >= 11 is 0. The lowest BCUT2D eigenvalue weighted by atomic mass is 10.1. The molecule has 0 saturated heterocycles. The van der Waals surface area contributed by atoms with Crippen LogP contribution in [0, 0.1) is 0 Å². The van der Waals surface area contributed by atoms with Gasteiger partial charge in [-0.3, -0.25) is 0 Å². The fourth-order valence-electron chi connectivity index (χ4n) is 2.71. The third-order valence-electron chi connectivity index (χ3n) is 4.12. The Morgan fingerprint density at radius 2 is 1.41 bits per heavy atom. The van der Waals surface area contributed by atoms with Gasteiger partial charge in [0, 0.05) is 0 Å². The van der Waals surface area contributed by atoms with Crippen LogP contribution >= 0.6 is 0 Å². The summed E-state index contributed by atoms with van der Waals surface area (Å²) in [6.07, 6.45) is 21.6. The van der Waals surface area contributed by atoms with Crippen molar-refractivity contribution in [2.24, 2.45) is 0 Å². The van der Waals surface area contributed by atoms with E-state index in [1.165, 1.54) is 64.2 Å². The molecule has 1 unspecified atom stereocenters. The molecule has 0 aliphatic rings. The van der Waals surface area contributed by atoms with Gasteiger partial charge in [-0.1, -0.05) is 77.4 Å². The van der Waals surface area contributed by atoms with Crippen molar-refractivity contribution < 1.29 is 9.84 Å². The first kappa shape index (κ1) is 21.7. The molecular formula is C20H40O2. The Balaban J connectivity index is 3.56. The maximum Gasteiger partial charge on any atom is 0.0701 e. The molecule has 0 aliphatic heterocycles. The molecule has 2 heteroatoms. The molecule has 0 heterocycles. The van der Waals surface area contributed by atoms with E-state index in [-0.39, 0.29) is 6.61 Å². The highest BCUT2D eigenvalue weighted by Crippen LogP contribution is 2.13. The predicted molar refractivity (Wildman–Crippen MR) is 97.3 cm³/mol. The van der Waals surface area contributed by atoms with Gasteiger partial charge < -0.3 is 9.84 Å². The average Bonchev–Trinajstić information content (AvgIpc) is 2.53. The molecule has 0 rings (SSSR count). The summed E-state index contributed by atoms with van der Waals surface area (Å²) in [6.45, 7) is 5.12. The number of hydrogen-bond donors (Lipinski definition) is 1. The zero-order valence-electron chi connectivity index (χ0n) is 15.2. The number of allylic oxidation sites excluding steroid dienone is 2. The molecule has 22 heavy (non-hydrogen) atoms. The van der Waals surface area contributed by atoms with Crippen LogP contribution in [0.3, 0.4) is 0 Å². The first-order chi connectivity index (χ1) is 10.8. The number of unbranched alkanes of at least 4 members (excludes halogenated alkanes) is 8. The van der Waals surface area contributed by atoms with E-state index in [1.807, 2.05) is 0 Å². The van der Waals surface area contributed by atoms with E-state index in [2.05, 4.69) is 26.0 Å². The number of aliphatic hydroxyl groups excluding tert-OH is 1. The normalized spacial score (nSPS) is 13.0. The van der Waals surface area contributed by atoms with E-state index in [0.29, 0.717) is 12.7 Å². The van der Waals surface area contributed by atoms with Crippen molar-refractivity contribution in [3.63, 3.8) is 0 Å². The Labute approximate surface area is 139 Å².